The molecule has 1 N–H and O–H groups in total. The fourth-order valence-electron chi connectivity index (χ4n) is 4.38. The number of fused-ring (bicyclic) bond motifs is 3. The van der Waals surface area contributed by atoms with E-state index in [9.17, 15) is 9.59 Å². The van der Waals surface area contributed by atoms with E-state index in [4.69, 9.17) is 9.98 Å². The van der Waals surface area contributed by atoms with Crippen LogP contribution < -0.4 is 5.32 Å². The molecule has 0 saturated carbocycles. The number of anilines is 1. The molecule has 2 aliphatic heterocycles. The van der Waals surface area contributed by atoms with Crippen molar-refractivity contribution < 1.29 is 9.59 Å². The highest BCUT2D eigenvalue weighted by Crippen LogP contribution is 2.37. The topological polar surface area (TPSA) is 74.1 Å². The third-order valence-corrected chi connectivity index (χ3v) is 6.80. The van der Waals surface area contributed by atoms with E-state index in [0.717, 1.165) is 39.2 Å². The van der Waals surface area contributed by atoms with Crippen LogP contribution in [0.25, 0.3) is 0 Å². The SMILES string of the molecule is Cc1cc(C)c(NC(=O)CSC2=Nc3ccccc3C3=N[C@@H](c4ccccc4)C(=O)N23)c(C)c1. The molecule has 0 radical (unpaired) electrons. The minimum absolute atomic E-state index is 0.126. The number of hydrogen-bond acceptors (Lipinski definition) is 5. The molecule has 0 unspecified atom stereocenters. The summed E-state index contributed by atoms with van der Waals surface area (Å²) in [6, 6.07) is 20.6. The summed E-state index contributed by atoms with van der Waals surface area (Å²) in [5, 5.41) is 3.49. The van der Waals surface area contributed by atoms with Gasteiger partial charge < -0.3 is 5.32 Å². The second-order valence-corrected chi connectivity index (χ2v) is 9.40. The van der Waals surface area contributed by atoms with E-state index >= 15 is 0 Å². The molecule has 2 heterocycles. The number of amides is 2. The number of aryl methyl sites for hydroxylation is 3. The molecule has 2 aliphatic rings. The van der Waals surface area contributed by atoms with Gasteiger partial charge in [0.2, 0.25) is 5.91 Å². The smallest absolute Gasteiger partial charge is 0.263 e. The molecule has 1 atom stereocenters. The van der Waals surface area contributed by atoms with Gasteiger partial charge >= 0.3 is 0 Å². The maximum atomic E-state index is 13.4. The van der Waals surface area contributed by atoms with Crippen molar-refractivity contribution in [1.29, 1.82) is 0 Å². The predicted molar refractivity (Wildman–Crippen MR) is 138 cm³/mol. The first kappa shape index (κ1) is 22.1. The Labute approximate surface area is 202 Å². The maximum absolute atomic E-state index is 13.4. The zero-order valence-electron chi connectivity index (χ0n) is 19.2. The van der Waals surface area contributed by atoms with Crippen LogP contribution in [0.2, 0.25) is 0 Å². The van der Waals surface area contributed by atoms with Gasteiger partial charge in [-0.25, -0.2) is 14.9 Å². The van der Waals surface area contributed by atoms with Crippen molar-refractivity contribution in [1.82, 2.24) is 4.90 Å². The standard InChI is InChI=1S/C27H24N4O2S/c1-16-13-17(2)23(18(3)14-16)29-22(32)15-34-27-28-21-12-8-7-11-20(21)25-30-24(26(33)31(25)27)19-9-5-4-6-10-19/h4-14,24H,15H2,1-3H3,(H,29,32)/t24-/m0/s1. The highest BCUT2D eigenvalue weighted by Gasteiger charge is 2.42. The molecule has 7 heteroatoms. The van der Waals surface area contributed by atoms with Gasteiger partial charge in [-0.1, -0.05) is 71.9 Å². The maximum Gasteiger partial charge on any atom is 0.263 e. The number of nitrogens with zero attached hydrogens (tertiary/aromatic N) is 3. The molecule has 0 fully saturated rings. The van der Waals surface area contributed by atoms with Crippen molar-refractivity contribution in [2.24, 2.45) is 9.98 Å². The number of amidine groups is 2. The second-order valence-electron chi connectivity index (χ2n) is 8.46. The Morgan fingerprint density at radius 2 is 1.68 bits per heavy atom. The summed E-state index contributed by atoms with van der Waals surface area (Å²) in [5.41, 5.74) is 6.42. The van der Waals surface area contributed by atoms with Gasteiger partial charge in [0.1, 0.15) is 5.84 Å². The Hall–Kier alpha value is -3.71. The monoisotopic (exact) mass is 468 g/mol. The molecule has 3 aromatic carbocycles. The molecular weight excluding hydrogens is 444 g/mol. The van der Waals surface area contributed by atoms with E-state index < -0.39 is 6.04 Å². The lowest BCUT2D eigenvalue weighted by Gasteiger charge is -2.25. The Morgan fingerprint density at radius 3 is 2.41 bits per heavy atom. The van der Waals surface area contributed by atoms with Gasteiger partial charge in [-0.2, -0.15) is 0 Å². The molecule has 2 amide bonds. The number of carbonyl (C=O) groups excluding carboxylic acids is 2. The van der Waals surface area contributed by atoms with Crippen molar-refractivity contribution in [3.63, 3.8) is 0 Å². The van der Waals surface area contributed by atoms with Gasteiger partial charge in [0, 0.05) is 11.3 Å². The summed E-state index contributed by atoms with van der Waals surface area (Å²) in [4.78, 5) is 37.3. The minimum atomic E-state index is -0.625. The summed E-state index contributed by atoms with van der Waals surface area (Å²) in [5.74, 6) is 0.400. The number of rotatable bonds is 4. The van der Waals surface area contributed by atoms with E-state index in [1.54, 1.807) is 4.90 Å². The van der Waals surface area contributed by atoms with Crippen molar-refractivity contribution in [2.75, 3.05) is 11.1 Å². The lowest BCUT2D eigenvalue weighted by molar-refractivity contribution is -0.124. The van der Waals surface area contributed by atoms with Crippen LogP contribution in [0.3, 0.4) is 0 Å². The lowest BCUT2D eigenvalue weighted by atomic mass is 10.1. The van der Waals surface area contributed by atoms with Gasteiger partial charge in [0.15, 0.2) is 11.2 Å². The Bertz CT molecular complexity index is 1340. The van der Waals surface area contributed by atoms with Gasteiger partial charge in [-0.15, -0.1) is 0 Å². The molecular formula is C27H24N4O2S. The number of benzene rings is 3. The Morgan fingerprint density at radius 1 is 1.00 bits per heavy atom. The average Bonchev–Trinajstić information content (AvgIpc) is 3.18. The Kier molecular flexibility index (Phi) is 5.79. The summed E-state index contributed by atoms with van der Waals surface area (Å²) >= 11 is 1.24. The van der Waals surface area contributed by atoms with E-state index in [1.165, 1.54) is 11.8 Å². The summed E-state index contributed by atoms with van der Waals surface area (Å²) in [6.07, 6.45) is 0. The van der Waals surface area contributed by atoms with E-state index in [0.29, 0.717) is 11.0 Å². The molecule has 0 aromatic heterocycles. The number of hydrogen-bond donors (Lipinski definition) is 1. The van der Waals surface area contributed by atoms with Crippen LogP contribution in [0.1, 0.15) is 33.9 Å². The van der Waals surface area contributed by atoms with Crippen LogP contribution in [0, 0.1) is 20.8 Å². The van der Waals surface area contributed by atoms with Crippen molar-refractivity contribution in [3.8, 4) is 0 Å². The Balaban J connectivity index is 1.40. The van der Waals surface area contributed by atoms with Gasteiger partial charge in [-0.05, 0) is 49.6 Å². The fraction of sp³-hybridized carbons (Fsp3) is 0.185. The molecule has 5 rings (SSSR count). The normalized spacial score (nSPS) is 16.5. The number of para-hydroxylation sites is 1. The first-order valence-corrected chi connectivity index (χ1v) is 12.1. The van der Waals surface area contributed by atoms with Crippen molar-refractivity contribution in [3.05, 3.63) is 94.5 Å². The summed E-state index contributed by atoms with van der Waals surface area (Å²) < 4.78 is 0. The van der Waals surface area contributed by atoms with Crippen molar-refractivity contribution >= 4 is 46.0 Å². The van der Waals surface area contributed by atoms with Gasteiger partial charge in [-0.3, -0.25) is 9.59 Å². The minimum Gasteiger partial charge on any atom is -0.325 e. The quantitative estimate of drug-likeness (QED) is 0.564. The fourth-order valence-corrected chi connectivity index (χ4v) is 5.18. The van der Waals surface area contributed by atoms with Crippen LogP contribution in [-0.4, -0.2) is 33.5 Å². The summed E-state index contributed by atoms with van der Waals surface area (Å²) in [6.45, 7) is 6.01. The first-order chi connectivity index (χ1) is 16.4. The third kappa shape index (κ3) is 4.03. The van der Waals surface area contributed by atoms with Crippen LogP contribution in [0.5, 0.6) is 0 Å². The molecule has 0 spiro atoms. The van der Waals surface area contributed by atoms with Crippen LogP contribution in [-0.2, 0) is 9.59 Å². The molecule has 34 heavy (non-hydrogen) atoms. The largest absolute Gasteiger partial charge is 0.325 e. The van der Waals surface area contributed by atoms with Gasteiger partial charge in [0.05, 0.1) is 11.4 Å². The zero-order valence-corrected chi connectivity index (χ0v) is 20.0. The van der Waals surface area contributed by atoms with E-state index in [-0.39, 0.29) is 17.6 Å². The van der Waals surface area contributed by atoms with Crippen LogP contribution in [0.4, 0.5) is 11.4 Å². The van der Waals surface area contributed by atoms with Crippen molar-refractivity contribution in [2.45, 2.75) is 26.8 Å². The van der Waals surface area contributed by atoms with E-state index in [1.807, 2.05) is 87.5 Å². The lowest BCUT2D eigenvalue weighted by Crippen LogP contribution is -2.40. The molecule has 0 bridgehead atoms. The molecule has 0 saturated heterocycles. The molecule has 170 valence electrons. The summed E-state index contributed by atoms with van der Waals surface area (Å²) in [7, 11) is 0. The van der Waals surface area contributed by atoms with Crippen LogP contribution in [0.15, 0.2) is 76.7 Å². The number of carbonyl (C=O) groups is 2. The zero-order chi connectivity index (χ0) is 23.8. The average molecular weight is 469 g/mol. The molecule has 6 nitrogen and oxygen atoms in total. The number of thioether (sulfide) groups is 1. The predicted octanol–water partition coefficient (Wildman–Crippen LogP) is 5.31. The first-order valence-electron chi connectivity index (χ1n) is 11.1. The van der Waals surface area contributed by atoms with Gasteiger partial charge in [0.25, 0.3) is 5.91 Å². The molecule has 0 aliphatic carbocycles. The number of aliphatic imine (C=N–C) groups is 2. The van der Waals surface area contributed by atoms with E-state index in [2.05, 4.69) is 5.32 Å². The third-order valence-electron chi connectivity index (χ3n) is 5.86. The highest BCUT2D eigenvalue weighted by molar-refractivity contribution is 8.14. The number of nitrogens with one attached hydrogen (secondary N) is 1. The van der Waals surface area contributed by atoms with Crippen LogP contribution >= 0.6 is 11.8 Å². The molecule has 3 aromatic rings. The second kappa shape index (κ2) is 8.91. The highest BCUT2D eigenvalue weighted by atomic mass is 32.2.